The second kappa shape index (κ2) is 6.38. The van der Waals surface area contributed by atoms with Crippen LogP contribution in [0.15, 0.2) is 24.3 Å². The van der Waals surface area contributed by atoms with Crippen LogP contribution in [0, 0.1) is 5.92 Å². The average molecular weight is 247 g/mol. The van der Waals surface area contributed by atoms with Gasteiger partial charge < -0.3 is 5.32 Å². The van der Waals surface area contributed by atoms with Gasteiger partial charge in [0.05, 0.1) is 0 Å². The molecule has 0 amide bonds. The van der Waals surface area contributed by atoms with Crippen LogP contribution in [0.2, 0.25) is 0 Å². The first-order valence-electron chi connectivity index (χ1n) is 7.14. The summed E-state index contributed by atoms with van der Waals surface area (Å²) < 4.78 is 0. The highest BCUT2D eigenvalue weighted by Gasteiger charge is 2.26. The Balaban J connectivity index is 2.98. The second-order valence-electron chi connectivity index (χ2n) is 6.47. The third-order valence-electron chi connectivity index (χ3n) is 3.70. The molecule has 1 unspecified atom stereocenters. The van der Waals surface area contributed by atoms with Gasteiger partial charge in [-0.3, -0.25) is 0 Å². The molecular weight excluding hydrogens is 218 g/mol. The molecule has 1 heteroatoms. The fraction of sp³-hybridized carbons (Fsp3) is 0.647. The normalized spacial score (nSPS) is 15.1. The maximum absolute atomic E-state index is 3.35. The van der Waals surface area contributed by atoms with Gasteiger partial charge in [0.2, 0.25) is 0 Å². The second-order valence-corrected chi connectivity index (χ2v) is 6.47. The van der Waals surface area contributed by atoms with Gasteiger partial charge in [-0.25, -0.2) is 0 Å². The molecule has 0 aromatic heterocycles. The van der Waals surface area contributed by atoms with E-state index in [9.17, 15) is 0 Å². The topological polar surface area (TPSA) is 12.0 Å². The number of hydrogen-bond acceptors (Lipinski definition) is 1. The van der Waals surface area contributed by atoms with Crippen molar-refractivity contribution in [2.75, 3.05) is 13.6 Å². The fourth-order valence-electron chi connectivity index (χ4n) is 2.85. The van der Waals surface area contributed by atoms with Crippen LogP contribution < -0.4 is 5.32 Å². The molecule has 102 valence electrons. The number of nitrogens with one attached hydrogen (secondary N) is 1. The van der Waals surface area contributed by atoms with Crippen molar-refractivity contribution in [2.24, 2.45) is 5.92 Å². The molecule has 1 aromatic carbocycles. The van der Waals surface area contributed by atoms with E-state index >= 15 is 0 Å². The predicted molar refractivity (Wildman–Crippen MR) is 81.3 cm³/mol. The van der Waals surface area contributed by atoms with Crippen LogP contribution in [0.25, 0.3) is 0 Å². The highest BCUT2D eigenvalue weighted by molar-refractivity contribution is 5.30. The van der Waals surface area contributed by atoms with Crippen molar-refractivity contribution < 1.29 is 0 Å². The van der Waals surface area contributed by atoms with E-state index in [0.29, 0.717) is 11.8 Å². The third-order valence-corrected chi connectivity index (χ3v) is 3.70. The van der Waals surface area contributed by atoms with Gasteiger partial charge in [-0.05, 0) is 36.4 Å². The van der Waals surface area contributed by atoms with Gasteiger partial charge in [-0.2, -0.15) is 0 Å². The maximum Gasteiger partial charge on any atom is 0.00518 e. The minimum atomic E-state index is 0.235. The molecule has 0 radical (unpaired) electrons. The van der Waals surface area contributed by atoms with Crippen LogP contribution in [-0.4, -0.2) is 13.6 Å². The van der Waals surface area contributed by atoms with Crippen molar-refractivity contribution in [1.29, 1.82) is 0 Å². The zero-order valence-electron chi connectivity index (χ0n) is 12.9. The van der Waals surface area contributed by atoms with Crippen LogP contribution in [0.3, 0.4) is 0 Å². The van der Waals surface area contributed by atoms with Crippen LogP contribution in [-0.2, 0) is 5.41 Å². The quantitative estimate of drug-likeness (QED) is 0.789. The van der Waals surface area contributed by atoms with Gasteiger partial charge in [0.25, 0.3) is 0 Å². The van der Waals surface area contributed by atoms with Crippen molar-refractivity contribution >= 4 is 0 Å². The van der Waals surface area contributed by atoms with E-state index in [0.717, 1.165) is 6.54 Å². The first-order valence-corrected chi connectivity index (χ1v) is 7.14. The highest BCUT2D eigenvalue weighted by atomic mass is 14.8. The van der Waals surface area contributed by atoms with Crippen molar-refractivity contribution in [1.82, 2.24) is 5.32 Å². The lowest BCUT2D eigenvalue weighted by Gasteiger charge is -2.32. The standard InChI is InChI=1S/C17H29N/c1-13(2)11-17(5,12-18-6)16-9-7-15(8-10-16)14(3)4/h7-10,13-14,18H,11-12H2,1-6H3. The number of rotatable bonds is 6. The Morgan fingerprint density at radius 2 is 1.61 bits per heavy atom. The van der Waals surface area contributed by atoms with E-state index in [1.165, 1.54) is 17.5 Å². The lowest BCUT2D eigenvalue weighted by molar-refractivity contribution is 0.357. The van der Waals surface area contributed by atoms with Gasteiger partial charge in [0.1, 0.15) is 0 Å². The van der Waals surface area contributed by atoms with Gasteiger partial charge in [0.15, 0.2) is 0 Å². The molecule has 0 fully saturated rings. The molecule has 1 rings (SSSR count). The molecule has 0 bridgehead atoms. The average Bonchev–Trinajstić information content (AvgIpc) is 2.28. The first-order chi connectivity index (χ1) is 8.39. The Morgan fingerprint density at radius 3 is 2.00 bits per heavy atom. The predicted octanol–water partition coefficient (Wildman–Crippen LogP) is 4.33. The highest BCUT2D eigenvalue weighted by Crippen LogP contribution is 2.31. The summed E-state index contributed by atoms with van der Waals surface area (Å²) >= 11 is 0. The third kappa shape index (κ3) is 3.84. The van der Waals surface area contributed by atoms with Crippen molar-refractivity contribution in [3.05, 3.63) is 35.4 Å². The van der Waals surface area contributed by atoms with E-state index in [1.807, 2.05) is 7.05 Å². The Hall–Kier alpha value is -0.820. The van der Waals surface area contributed by atoms with Crippen LogP contribution >= 0.6 is 0 Å². The molecule has 1 N–H and O–H groups in total. The first kappa shape index (κ1) is 15.2. The SMILES string of the molecule is CNCC(C)(CC(C)C)c1ccc(C(C)C)cc1. The Bertz CT molecular complexity index is 350. The summed E-state index contributed by atoms with van der Waals surface area (Å²) in [6, 6.07) is 9.20. The largest absolute Gasteiger partial charge is 0.319 e. The summed E-state index contributed by atoms with van der Waals surface area (Å²) in [4.78, 5) is 0. The lowest BCUT2D eigenvalue weighted by atomic mass is 9.75. The molecule has 0 aliphatic carbocycles. The van der Waals surface area contributed by atoms with Crippen LogP contribution in [0.5, 0.6) is 0 Å². The molecule has 0 spiro atoms. The molecule has 0 aliphatic rings. The molecule has 0 saturated heterocycles. The van der Waals surface area contributed by atoms with Crippen LogP contribution in [0.4, 0.5) is 0 Å². The maximum atomic E-state index is 3.35. The Kier molecular flexibility index (Phi) is 5.40. The van der Waals surface area contributed by atoms with Crippen molar-refractivity contribution in [2.45, 2.75) is 52.4 Å². The molecular formula is C17H29N. The minimum absolute atomic E-state index is 0.235. The zero-order chi connectivity index (χ0) is 13.8. The zero-order valence-corrected chi connectivity index (χ0v) is 12.9. The van der Waals surface area contributed by atoms with Gasteiger partial charge in [0, 0.05) is 12.0 Å². The summed E-state index contributed by atoms with van der Waals surface area (Å²) in [7, 11) is 2.04. The molecule has 0 heterocycles. The van der Waals surface area contributed by atoms with Gasteiger partial charge in [-0.1, -0.05) is 58.9 Å². The minimum Gasteiger partial charge on any atom is -0.319 e. The van der Waals surface area contributed by atoms with E-state index in [4.69, 9.17) is 0 Å². The van der Waals surface area contributed by atoms with Crippen LogP contribution in [0.1, 0.15) is 58.1 Å². The Morgan fingerprint density at radius 1 is 1.06 bits per heavy atom. The van der Waals surface area contributed by atoms with E-state index in [2.05, 4.69) is 64.2 Å². The number of hydrogen-bond donors (Lipinski definition) is 1. The molecule has 1 aromatic rings. The summed E-state index contributed by atoms with van der Waals surface area (Å²) in [6.45, 7) is 12.5. The van der Waals surface area contributed by atoms with Gasteiger partial charge >= 0.3 is 0 Å². The summed E-state index contributed by atoms with van der Waals surface area (Å²) in [5.74, 6) is 1.33. The molecule has 0 saturated carbocycles. The number of likely N-dealkylation sites (N-methyl/N-ethyl adjacent to an activating group) is 1. The fourth-order valence-corrected chi connectivity index (χ4v) is 2.85. The summed E-state index contributed by atoms with van der Waals surface area (Å²) in [5.41, 5.74) is 3.11. The molecule has 1 nitrogen and oxygen atoms in total. The number of benzene rings is 1. The summed E-state index contributed by atoms with van der Waals surface area (Å²) in [5, 5.41) is 3.35. The van der Waals surface area contributed by atoms with E-state index in [-0.39, 0.29) is 5.41 Å². The molecule has 0 aliphatic heterocycles. The lowest BCUT2D eigenvalue weighted by Crippen LogP contribution is -2.35. The van der Waals surface area contributed by atoms with Crippen molar-refractivity contribution in [3.8, 4) is 0 Å². The van der Waals surface area contributed by atoms with Crippen molar-refractivity contribution in [3.63, 3.8) is 0 Å². The smallest absolute Gasteiger partial charge is 0.00518 e. The van der Waals surface area contributed by atoms with Gasteiger partial charge in [-0.15, -0.1) is 0 Å². The monoisotopic (exact) mass is 247 g/mol. The Labute approximate surface area is 113 Å². The molecule has 1 atom stereocenters. The molecule has 18 heavy (non-hydrogen) atoms. The van der Waals surface area contributed by atoms with E-state index < -0.39 is 0 Å². The summed E-state index contributed by atoms with van der Waals surface area (Å²) in [6.07, 6.45) is 1.22. The van der Waals surface area contributed by atoms with E-state index in [1.54, 1.807) is 0 Å².